The van der Waals surface area contributed by atoms with Crippen LogP contribution in [-0.4, -0.2) is 39.6 Å². The fraction of sp³-hybridized carbons (Fsp3) is 0.182. The Kier molecular flexibility index (Phi) is 10.8. The van der Waals surface area contributed by atoms with Gasteiger partial charge in [-0.05, 0) is 90.7 Å². The van der Waals surface area contributed by atoms with E-state index in [1.54, 1.807) is 72.8 Å². The van der Waals surface area contributed by atoms with Crippen LogP contribution in [0, 0.1) is 6.92 Å². The number of nitrogens with one attached hydrogen (secondary N) is 2. The fourth-order valence-corrected chi connectivity index (χ4v) is 5.70. The summed E-state index contributed by atoms with van der Waals surface area (Å²) in [7, 11) is -4.04. The van der Waals surface area contributed by atoms with Gasteiger partial charge in [-0.2, -0.15) is 5.10 Å². The maximum Gasteiger partial charge on any atom is 0.264 e. The second kappa shape index (κ2) is 14.7. The molecule has 228 valence electrons. The number of anilines is 2. The highest BCUT2D eigenvalue weighted by Crippen LogP contribution is 2.26. The summed E-state index contributed by atoms with van der Waals surface area (Å²) in [5.74, 6) is -0.220. The molecule has 2 N–H and O–H groups in total. The first kappa shape index (κ1) is 32.2. The van der Waals surface area contributed by atoms with Crippen LogP contribution in [0.25, 0.3) is 0 Å². The van der Waals surface area contributed by atoms with Gasteiger partial charge in [0.25, 0.3) is 21.8 Å². The molecule has 11 heteroatoms. The molecule has 0 bridgehead atoms. The predicted octanol–water partition coefficient (Wildman–Crippen LogP) is 6.13. The molecular weight excluding hydrogens is 600 g/mol. The molecule has 0 heterocycles. The van der Waals surface area contributed by atoms with Crippen LogP contribution in [0.5, 0.6) is 5.75 Å². The second-order valence-corrected chi connectivity index (χ2v) is 12.6. The van der Waals surface area contributed by atoms with Crippen molar-refractivity contribution in [3.63, 3.8) is 0 Å². The highest BCUT2D eigenvalue weighted by Gasteiger charge is 2.27. The van der Waals surface area contributed by atoms with Gasteiger partial charge in [-0.15, -0.1) is 0 Å². The van der Waals surface area contributed by atoms with Crippen molar-refractivity contribution in [2.75, 3.05) is 22.8 Å². The number of sulfonamides is 1. The number of nitrogens with zero attached hydrogens (tertiary/aromatic N) is 2. The molecule has 0 radical (unpaired) electrons. The van der Waals surface area contributed by atoms with E-state index in [1.807, 2.05) is 32.9 Å². The number of hydrazone groups is 1. The lowest BCUT2D eigenvalue weighted by Gasteiger charge is -2.24. The van der Waals surface area contributed by atoms with Crippen molar-refractivity contribution in [3.8, 4) is 5.75 Å². The van der Waals surface area contributed by atoms with E-state index in [1.165, 1.54) is 18.3 Å². The maximum atomic E-state index is 13.6. The van der Waals surface area contributed by atoms with Crippen molar-refractivity contribution >= 4 is 51.0 Å². The van der Waals surface area contributed by atoms with E-state index in [0.717, 1.165) is 15.4 Å². The molecule has 0 atom stereocenters. The molecule has 2 amide bonds. The third-order valence-electron chi connectivity index (χ3n) is 6.51. The van der Waals surface area contributed by atoms with Crippen molar-refractivity contribution in [3.05, 3.63) is 119 Å². The van der Waals surface area contributed by atoms with Crippen molar-refractivity contribution < 1.29 is 22.7 Å². The number of rotatable bonds is 12. The van der Waals surface area contributed by atoms with Gasteiger partial charge in [0.1, 0.15) is 12.3 Å². The van der Waals surface area contributed by atoms with Gasteiger partial charge in [0.15, 0.2) is 6.61 Å². The number of amides is 2. The second-order valence-electron chi connectivity index (χ2n) is 10.3. The summed E-state index contributed by atoms with van der Waals surface area (Å²) in [6.07, 6.45) is 1.42. The average Bonchev–Trinajstić information content (AvgIpc) is 3.00. The number of ether oxygens (including phenoxy) is 1. The number of halogens is 1. The summed E-state index contributed by atoms with van der Waals surface area (Å²) < 4.78 is 33.8. The number of carbonyl (C=O) groups excluding carboxylic acids is 2. The summed E-state index contributed by atoms with van der Waals surface area (Å²) >= 11 is 5.93. The minimum atomic E-state index is -4.04. The molecule has 0 fully saturated rings. The molecule has 4 rings (SSSR count). The zero-order chi connectivity index (χ0) is 31.7. The zero-order valence-electron chi connectivity index (χ0n) is 24.5. The Balaban J connectivity index is 1.37. The maximum absolute atomic E-state index is 13.6. The molecule has 4 aromatic rings. The minimum absolute atomic E-state index is 0.0802. The van der Waals surface area contributed by atoms with Gasteiger partial charge in [-0.1, -0.05) is 61.3 Å². The van der Waals surface area contributed by atoms with Crippen LogP contribution in [0.2, 0.25) is 5.02 Å². The largest absolute Gasteiger partial charge is 0.484 e. The van der Waals surface area contributed by atoms with Crippen LogP contribution in [0.15, 0.2) is 107 Å². The summed E-state index contributed by atoms with van der Waals surface area (Å²) in [5.41, 5.74) is 5.96. The van der Waals surface area contributed by atoms with Gasteiger partial charge in [0.2, 0.25) is 0 Å². The number of aryl methyl sites for hydroxylation is 1. The van der Waals surface area contributed by atoms with Crippen LogP contribution >= 0.6 is 11.6 Å². The average molecular weight is 633 g/mol. The van der Waals surface area contributed by atoms with Crippen LogP contribution in [0.3, 0.4) is 0 Å². The third kappa shape index (κ3) is 8.92. The SMILES string of the molecule is Cc1ccc(S(=O)(=O)N(CC(=O)N/N=C\c2ccc(OCC(=O)Nc3cccc(Cl)c3)cc2)c2ccc(C(C)C)cc2)cc1. The molecule has 0 spiro atoms. The highest BCUT2D eigenvalue weighted by molar-refractivity contribution is 7.92. The molecule has 0 unspecified atom stereocenters. The predicted molar refractivity (Wildman–Crippen MR) is 174 cm³/mol. The van der Waals surface area contributed by atoms with Gasteiger partial charge in [-0.3, -0.25) is 13.9 Å². The smallest absolute Gasteiger partial charge is 0.264 e. The molecule has 0 saturated heterocycles. The Morgan fingerprint density at radius 2 is 1.61 bits per heavy atom. The number of benzene rings is 4. The third-order valence-corrected chi connectivity index (χ3v) is 8.53. The van der Waals surface area contributed by atoms with Crippen LogP contribution in [0.1, 0.15) is 36.5 Å². The van der Waals surface area contributed by atoms with Crippen molar-refractivity contribution in [1.82, 2.24) is 5.43 Å². The molecule has 0 aromatic heterocycles. The standard InChI is InChI=1S/C33H33ClN4O5S/c1-23(2)26-11-13-29(14-12-26)38(44(41,42)31-17-7-24(3)8-18-31)21-32(39)37-35-20-25-9-15-30(16-10-25)43-22-33(40)36-28-6-4-5-27(34)19-28/h4-20,23H,21-22H2,1-3H3,(H,36,40)(H,37,39)/b35-20-. The quantitative estimate of drug-likeness (QED) is 0.144. The van der Waals surface area contributed by atoms with E-state index in [2.05, 4.69) is 15.8 Å². The van der Waals surface area contributed by atoms with Crippen molar-refractivity contribution in [2.45, 2.75) is 31.6 Å². The van der Waals surface area contributed by atoms with Crippen LogP contribution < -0.4 is 19.8 Å². The Hall–Kier alpha value is -4.67. The van der Waals surface area contributed by atoms with Gasteiger partial charge >= 0.3 is 0 Å². The number of hydrogen-bond acceptors (Lipinski definition) is 6. The van der Waals surface area contributed by atoms with Crippen molar-refractivity contribution in [2.24, 2.45) is 5.10 Å². The normalized spacial score (nSPS) is 11.4. The zero-order valence-corrected chi connectivity index (χ0v) is 26.1. The van der Waals surface area contributed by atoms with E-state index < -0.39 is 22.5 Å². The lowest BCUT2D eigenvalue weighted by atomic mass is 10.0. The molecule has 0 aliphatic carbocycles. The monoisotopic (exact) mass is 632 g/mol. The van der Waals surface area contributed by atoms with Gasteiger partial charge < -0.3 is 10.1 Å². The van der Waals surface area contributed by atoms with Gasteiger partial charge in [0, 0.05) is 10.7 Å². The molecule has 0 aliphatic rings. The summed E-state index contributed by atoms with van der Waals surface area (Å²) in [6.45, 7) is 5.29. The summed E-state index contributed by atoms with van der Waals surface area (Å²) in [6, 6.07) is 27.1. The summed E-state index contributed by atoms with van der Waals surface area (Å²) in [5, 5.41) is 7.20. The number of carbonyl (C=O) groups is 2. The molecule has 4 aromatic carbocycles. The molecule has 9 nitrogen and oxygen atoms in total. The lowest BCUT2D eigenvalue weighted by molar-refractivity contribution is -0.119. The van der Waals surface area contributed by atoms with E-state index in [4.69, 9.17) is 16.3 Å². The first-order chi connectivity index (χ1) is 21.0. The first-order valence-corrected chi connectivity index (χ1v) is 15.6. The Morgan fingerprint density at radius 1 is 0.932 bits per heavy atom. The Bertz CT molecular complexity index is 1720. The minimum Gasteiger partial charge on any atom is -0.484 e. The van der Waals surface area contributed by atoms with E-state index in [-0.39, 0.29) is 23.3 Å². The molecular formula is C33H33ClN4O5S. The van der Waals surface area contributed by atoms with Crippen LogP contribution in [-0.2, 0) is 19.6 Å². The van der Waals surface area contributed by atoms with Gasteiger partial charge in [-0.25, -0.2) is 13.8 Å². The summed E-state index contributed by atoms with van der Waals surface area (Å²) in [4.78, 5) is 25.1. The fourth-order valence-electron chi connectivity index (χ4n) is 4.08. The van der Waals surface area contributed by atoms with Gasteiger partial charge in [0.05, 0.1) is 16.8 Å². The molecule has 44 heavy (non-hydrogen) atoms. The molecule has 0 saturated carbocycles. The Labute approximate surface area is 262 Å². The van der Waals surface area contributed by atoms with E-state index >= 15 is 0 Å². The van der Waals surface area contributed by atoms with Crippen molar-refractivity contribution in [1.29, 1.82) is 0 Å². The lowest BCUT2D eigenvalue weighted by Crippen LogP contribution is -2.39. The first-order valence-electron chi connectivity index (χ1n) is 13.8. The Morgan fingerprint density at radius 3 is 2.25 bits per heavy atom. The topological polar surface area (TPSA) is 117 Å². The molecule has 0 aliphatic heterocycles. The highest BCUT2D eigenvalue weighted by atomic mass is 35.5. The van der Waals surface area contributed by atoms with Crippen LogP contribution in [0.4, 0.5) is 11.4 Å². The van der Waals surface area contributed by atoms with E-state index in [9.17, 15) is 18.0 Å². The number of hydrogen-bond donors (Lipinski definition) is 2. The van der Waals surface area contributed by atoms with E-state index in [0.29, 0.717) is 27.7 Å².